The van der Waals surface area contributed by atoms with Crippen LogP contribution < -0.4 is 4.74 Å². The van der Waals surface area contributed by atoms with Crippen molar-refractivity contribution in [2.45, 2.75) is 6.92 Å². The molecular weight excluding hydrogens is 246 g/mol. The number of carbonyl (C=O) groups excluding carboxylic acids is 1. The lowest BCUT2D eigenvalue weighted by Crippen LogP contribution is -1.97. The predicted molar refractivity (Wildman–Crippen MR) is 69.6 cm³/mol. The molecule has 0 fully saturated rings. The molecule has 0 atom stereocenters. The van der Waals surface area contributed by atoms with E-state index in [1.54, 1.807) is 30.3 Å². The summed E-state index contributed by atoms with van der Waals surface area (Å²) < 4.78 is 5.54. The van der Waals surface area contributed by atoms with Crippen molar-refractivity contribution in [2.75, 3.05) is 0 Å². The predicted octanol–water partition coefficient (Wildman–Crippen LogP) is 3.59. The van der Waals surface area contributed by atoms with Crippen molar-refractivity contribution in [2.24, 2.45) is 0 Å². The zero-order valence-corrected chi connectivity index (χ0v) is 10.2. The van der Waals surface area contributed by atoms with Gasteiger partial charge < -0.3 is 4.74 Å². The number of nitrogens with zero attached hydrogens (tertiary/aromatic N) is 1. The van der Waals surface area contributed by atoms with E-state index in [4.69, 9.17) is 4.74 Å². The van der Waals surface area contributed by atoms with Gasteiger partial charge in [-0.25, -0.2) is 0 Å². The molecule has 0 aromatic heterocycles. The Morgan fingerprint density at radius 3 is 2.58 bits per heavy atom. The maximum atomic E-state index is 11.4. The Balaban J connectivity index is 2.34. The van der Waals surface area contributed by atoms with Crippen LogP contribution in [0.2, 0.25) is 0 Å². The van der Waals surface area contributed by atoms with Gasteiger partial charge in [-0.05, 0) is 25.1 Å². The Morgan fingerprint density at radius 2 is 1.89 bits per heavy atom. The number of ketones is 1. The second-order valence-corrected chi connectivity index (χ2v) is 3.91. The number of nitro groups is 1. The van der Waals surface area contributed by atoms with E-state index >= 15 is 0 Å². The highest BCUT2D eigenvalue weighted by molar-refractivity contribution is 5.96. The number of carbonyl (C=O) groups is 1. The Morgan fingerprint density at radius 1 is 1.16 bits per heavy atom. The molecule has 0 aliphatic rings. The van der Waals surface area contributed by atoms with Crippen molar-refractivity contribution >= 4 is 11.5 Å². The van der Waals surface area contributed by atoms with Crippen LogP contribution in [0, 0.1) is 10.1 Å². The Bertz CT molecular complexity index is 637. The van der Waals surface area contributed by atoms with Crippen LogP contribution in [0.4, 0.5) is 5.69 Å². The Labute approximate surface area is 109 Å². The van der Waals surface area contributed by atoms with E-state index in [1.807, 2.05) is 0 Å². The molecule has 0 unspecified atom stereocenters. The number of hydrogen-bond donors (Lipinski definition) is 0. The van der Waals surface area contributed by atoms with Crippen LogP contribution in [0.5, 0.6) is 11.5 Å². The average Bonchev–Trinajstić information content (AvgIpc) is 2.39. The SMILES string of the molecule is CC(=O)c1ccccc1Oc1cccc([N+](=O)[O-])c1. The first-order valence-corrected chi connectivity index (χ1v) is 5.60. The molecule has 2 rings (SSSR count). The highest BCUT2D eigenvalue weighted by Crippen LogP contribution is 2.27. The van der Waals surface area contributed by atoms with Crippen LogP contribution in [0.3, 0.4) is 0 Å². The number of Topliss-reactive ketones (excluding diaryl/α,β-unsaturated/α-hetero) is 1. The number of nitro benzene ring substituents is 1. The number of ether oxygens (including phenoxy) is 1. The molecule has 0 spiro atoms. The quantitative estimate of drug-likeness (QED) is 0.476. The van der Waals surface area contributed by atoms with Crippen molar-refractivity contribution < 1.29 is 14.5 Å². The van der Waals surface area contributed by atoms with E-state index in [0.717, 1.165) is 0 Å². The van der Waals surface area contributed by atoms with Crippen molar-refractivity contribution in [1.29, 1.82) is 0 Å². The fourth-order valence-corrected chi connectivity index (χ4v) is 1.63. The van der Waals surface area contributed by atoms with Gasteiger partial charge in [-0.15, -0.1) is 0 Å². The third-order valence-corrected chi connectivity index (χ3v) is 2.52. The van der Waals surface area contributed by atoms with Gasteiger partial charge in [-0.2, -0.15) is 0 Å². The van der Waals surface area contributed by atoms with Crippen LogP contribution in [0.1, 0.15) is 17.3 Å². The largest absolute Gasteiger partial charge is 0.456 e. The summed E-state index contributed by atoms with van der Waals surface area (Å²) in [5.41, 5.74) is 0.381. The smallest absolute Gasteiger partial charge is 0.273 e. The lowest BCUT2D eigenvalue weighted by Gasteiger charge is -2.08. The molecule has 5 heteroatoms. The van der Waals surface area contributed by atoms with Crippen molar-refractivity contribution in [3.8, 4) is 11.5 Å². The number of rotatable bonds is 4. The summed E-state index contributed by atoms with van der Waals surface area (Å²) in [6.07, 6.45) is 0. The van der Waals surface area contributed by atoms with E-state index in [9.17, 15) is 14.9 Å². The van der Waals surface area contributed by atoms with Gasteiger partial charge in [0.25, 0.3) is 5.69 Å². The fraction of sp³-hybridized carbons (Fsp3) is 0.0714. The summed E-state index contributed by atoms with van der Waals surface area (Å²) >= 11 is 0. The maximum absolute atomic E-state index is 11.4. The molecular formula is C14H11NO4. The standard InChI is InChI=1S/C14H11NO4/c1-10(16)13-7-2-3-8-14(13)19-12-6-4-5-11(9-12)15(17)18/h2-9H,1H3. The number of benzene rings is 2. The van der Waals surface area contributed by atoms with E-state index in [0.29, 0.717) is 17.1 Å². The minimum atomic E-state index is -0.496. The molecule has 2 aromatic rings. The Hall–Kier alpha value is -2.69. The molecule has 0 aliphatic carbocycles. The fourth-order valence-electron chi connectivity index (χ4n) is 1.63. The van der Waals surface area contributed by atoms with Crippen LogP contribution in [0.25, 0.3) is 0 Å². The zero-order chi connectivity index (χ0) is 13.8. The highest BCUT2D eigenvalue weighted by atomic mass is 16.6. The first-order chi connectivity index (χ1) is 9.08. The molecule has 2 aromatic carbocycles. The van der Waals surface area contributed by atoms with E-state index in [-0.39, 0.29) is 11.5 Å². The van der Waals surface area contributed by atoms with E-state index in [2.05, 4.69) is 0 Å². The topological polar surface area (TPSA) is 69.4 Å². The molecule has 5 nitrogen and oxygen atoms in total. The number of hydrogen-bond acceptors (Lipinski definition) is 4. The van der Waals surface area contributed by atoms with Gasteiger partial charge in [-0.3, -0.25) is 14.9 Å². The summed E-state index contributed by atoms with van der Waals surface area (Å²) in [4.78, 5) is 21.6. The first-order valence-electron chi connectivity index (χ1n) is 5.60. The van der Waals surface area contributed by atoms with Gasteiger partial charge in [0, 0.05) is 6.07 Å². The second kappa shape index (κ2) is 5.30. The second-order valence-electron chi connectivity index (χ2n) is 3.91. The lowest BCUT2D eigenvalue weighted by atomic mass is 10.1. The molecule has 0 bridgehead atoms. The monoisotopic (exact) mass is 257 g/mol. The van der Waals surface area contributed by atoms with Gasteiger partial charge in [0.1, 0.15) is 11.5 Å². The molecule has 0 amide bonds. The number of non-ortho nitro benzene ring substituents is 1. The van der Waals surface area contributed by atoms with Crippen LogP contribution in [-0.2, 0) is 0 Å². The van der Waals surface area contributed by atoms with Crippen molar-refractivity contribution in [3.05, 3.63) is 64.2 Å². The summed E-state index contributed by atoms with van der Waals surface area (Å²) in [7, 11) is 0. The van der Waals surface area contributed by atoms with Crippen LogP contribution in [-0.4, -0.2) is 10.7 Å². The highest BCUT2D eigenvalue weighted by Gasteiger charge is 2.11. The van der Waals surface area contributed by atoms with Crippen LogP contribution >= 0.6 is 0 Å². The van der Waals surface area contributed by atoms with Crippen molar-refractivity contribution in [3.63, 3.8) is 0 Å². The lowest BCUT2D eigenvalue weighted by molar-refractivity contribution is -0.384. The molecule has 19 heavy (non-hydrogen) atoms. The first kappa shape index (κ1) is 12.8. The van der Waals surface area contributed by atoms with Gasteiger partial charge in [0.2, 0.25) is 0 Å². The van der Waals surface area contributed by atoms with E-state index in [1.165, 1.54) is 25.1 Å². The molecule has 0 radical (unpaired) electrons. The van der Waals surface area contributed by atoms with Gasteiger partial charge in [0.15, 0.2) is 5.78 Å². The molecule has 0 aliphatic heterocycles. The normalized spacial score (nSPS) is 9.95. The van der Waals surface area contributed by atoms with Gasteiger partial charge >= 0.3 is 0 Å². The summed E-state index contributed by atoms with van der Waals surface area (Å²) in [6, 6.07) is 12.6. The molecule has 0 saturated heterocycles. The van der Waals surface area contributed by atoms with Crippen LogP contribution in [0.15, 0.2) is 48.5 Å². The van der Waals surface area contributed by atoms with E-state index < -0.39 is 4.92 Å². The minimum Gasteiger partial charge on any atom is -0.456 e. The summed E-state index contributed by atoms with van der Waals surface area (Å²) in [5, 5.41) is 10.7. The number of para-hydroxylation sites is 1. The van der Waals surface area contributed by atoms with Crippen molar-refractivity contribution in [1.82, 2.24) is 0 Å². The zero-order valence-electron chi connectivity index (χ0n) is 10.2. The third kappa shape index (κ3) is 2.95. The molecule has 0 heterocycles. The average molecular weight is 257 g/mol. The third-order valence-electron chi connectivity index (χ3n) is 2.52. The Kier molecular flexibility index (Phi) is 3.56. The molecule has 96 valence electrons. The summed E-state index contributed by atoms with van der Waals surface area (Å²) in [6.45, 7) is 1.44. The molecule has 0 saturated carbocycles. The van der Waals surface area contributed by atoms with Gasteiger partial charge in [0.05, 0.1) is 16.6 Å². The minimum absolute atomic E-state index is 0.0576. The maximum Gasteiger partial charge on any atom is 0.273 e. The molecule has 0 N–H and O–H groups in total. The summed E-state index contributed by atoms with van der Waals surface area (Å²) in [5.74, 6) is 0.583. The van der Waals surface area contributed by atoms with Gasteiger partial charge in [-0.1, -0.05) is 18.2 Å².